The molecule has 1 amide bonds. The van der Waals surface area contributed by atoms with Crippen molar-refractivity contribution in [3.8, 4) is 0 Å². The fourth-order valence-electron chi connectivity index (χ4n) is 2.58. The molecule has 1 atom stereocenters. The fraction of sp³-hybridized carbons (Fsp3) is 0.167. The molecule has 31 heavy (non-hydrogen) atoms. The van der Waals surface area contributed by atoms with E-state index < -0.39 is 52.3 Å². The van der Waals surface area contributed by atoms with Crippen molar-refractivity contribution in [3.63, 3.8) is 0 Å². The first-order valence-electron chi connectivity index (χ1n) is 7.97. The summed E-state index contributed by atoms with van der Waals surface area (Å²) in [7, 11) is 0. The van der Waals surface area contributed by atoms with Crippen LogP contribution in [0, 0.1) is 0 Å². The van der Waals surface area contributed by atoms with Crippen molar-refractivity contribution in [1.82, 2.24) is 5.43 Å². The zero-order chi connectivity index (χ0) is 23.7. The Morgan fingerprint density at radius 3 is 2.00 bits per heavy atom. The third kappa shape index (κ3) is 5.82. The van der Waals surface area contributed by atoms with Crippen molar-refractivity contribution in [3.05, 3.63) is 73.7 Å². The monoisotopic (exact) mass is 508 g/mol. The average Bonchev–Trinajstić information content (AvgIpc) is 2.67. The topological polar surface area (TPSA) is 55.1 Å². The molecule has 0 aliphatic rings. The highest BCUT2D eigenvalue weighted by Gasteiger charge is 2.41. The Balaban J connectivity index is 2.62. The number of alkyl halides is 6. The van der Waals surface area contributed by atoms with Gasteiger partial charge in [-0.2, -0.15) is 26.3 Å². The van der Waals surface area contributed by atoms with Gasteiger partial charge in [-0.1, -0.05) is 40.9 Å². The first-order valence-corrected chi connectivity index (χ1v) is 9.11. The van der Waals surface area contributed by atoms with Crippen LogP contribution in [0.25, 0.3) is 5.83 Å². The quantitative estimate of drug-likeness (QED) is 0.154. The maximum Gasteiger partial charge on any atom is 0.417 e. The van der Waals surface area contributed by atoms with Crippen LogP contribution in [-0.2, 0) is 6.18 Å². The number of nitrogens with two attached hydrogens (primary N) is 1. The average molecular weight is 510 g/mol. The number of allylic oxidation sites excluding steroid dienone is 1. The highest BCUT2D eigenvalue weighted by atomic mass is 35.5. The molecule has 0 saturated heterocycles. The second kappa shape index (κ2) is 9.23. The van der Waals surface area contributed by atoms with E-state index in [-0.39, 0.29) is 27.2 Å². The maximum absolute atomic E-state index is 14.6. The summed E-state index contributed by atoms with van der Waals surface area (Å²) in [6.07, 6.45) is -10.1. The molecular formula is C18H10Cl3F7N2O. The normalized spacial score (nSPS) is 13.8. The molecule has 0 heterocycles. The van der Waals surface area contributed by atoms with Crippen molar-refractivity contribution in [1.29, 1.82) is 0 Å². The van der Waals surface area contributed by atoms with Gasteiger partial charge in [0.2, 0.25) is 0 Å². The number of halogens is 10. The van der Waals surface area contributed by atoms with Gasteiger partial charge in [0.25, 0.3) is 5.91 Å². The lowest BCUT2D eigenvalue weighted by molar-refractivity contribution is -0.140. The number of hydrazine groups is 1. The van der Waals surface area contributed by atoms with Crippen LogP contribution in [0.15, 0.2) is 36.4 Å². The van der Waals surface area contributed by atoms with E-state index in [1.165, 1.54) is 5.43 Å². The lowest BCUT2D eigenvalue weighted by atomic mass is 9.95. The van der Waals surface area contributed by atoms with Crippen molar-refractivity contribution in [2.45, 2.75) is 18.3 Å². The first-order chi connectivity index (χ1) is 14.2. The van der Waals surface area contributed by atoms with Gasteiger partial charge in [-0.15, -0.1) is 0 Å². The zero-order valence-electron chi connectivity index (χ0n) is 14.8. The predicted molar refractivity (Wildman–Crippen MR) is 102 cm³/mol. The highest BCUT2D eigenvalue weighted by molar-refractivity contribution is 6.48. The van der Waals surface area contributed by atoms with E-state index in [9.17, 15) is 35.5 Å². The second-order valence-corrected chi connectivity index (χ2v) is 7.26. The molecule has 0 radical (unpaired) electrons. The summed E-state index contributed by atoms with van der Waals surface area (Å²) in [6, 6.07) is 3.13. The molecule has 2 aromatic carbocycles. The Morgan fingerprint density at radius 2 is 1.55 bits per heavy atom. The summed E-state index contributed by atoms with van der Waals surface area (Å²) in [5, 5.41) is -0.881. The Morgan fingerprint density at radius 1 is 1.00 bits per heavy atom. The standard InChI is InChI=1S/C18H10Cl3F7N2O/c19-12-4-8(5-13(20)15(12)21)10(17(23,24)25)6-14(22)7-1-2-9(16(31)30-29)11(3-7)18(26,27)28/h1-6,10H,29H2,(H,30,31)/b14-6-. The van der Waals surface area contributed by atoms with Gasteiger partial charge >= 0.3 is 12.4 Å². The van der Waals surface area contributed by atoms with E-state index in [1.54, 1.807) is 0 Å². The van der Waals surface area contributed by atoms with Gasteiger partial charge in [-0.25, -0.2) is 10.2 Å². The summed E-state index contributed by atoms with van der Waals surface area (Å²) in [5.74, 6) is -0.739. The predicted octanol–water partition coefficient (Wildman–Crippen LogP) is 6.93. The number of hydrogen-bond donors (Lipinski definition) is 2. The Labute approximate surface area is 185 Å². The molecule has 0 aromatic heterocycles. The minimum atomic E-state index is -5.11. The van der Waals surface area contributed by atoms with Gasteiger partial charge < -0.3 is 0 Å². The molecule has 2 rings (SSSR count). The van der Waals surface area contributed by atoms with Gasteiger partial charge in [0.05, 0.1) is 26.2 Å². The zero-order valence-corrected chi connectivity index (χ0v) is 17.1. The van der Waals surface area contributed by atoms with Gasteiger partial charge in [-0.05, 0) is 35.9 Å². The molecule has 13 heteroatoms. The minimum absolute atomic E-state index is 0.0636. The molecule has 2 aromatic rings. The molecule has 0 aliphatic heterocycles. The number of benzene rings is 2. The summed E-state index contributed by atoms with van der Waals surface area (Å²) >= 11 is 17.2. The molecule has 0 spiro atoms. The van der Waals surface area contributed by atoms with E-state index in [0.717, 1.165) is 12.1 Å². The number of nitrogens with one attached hydrogen (secondary N) is 1. The summed E-state index contributed by atoms with van der Waals surface area (Å²) in [6.45, 7) is 0. The second-order valence-electron chi connectivity index (χ2n) is 6.06. The molecule has 0 saturated carbocycles. The lowest BCUT2D eigenvalue weighted by Crippen LogP contribution is -2.31. The number of carbonyl (C=O) groups excluding carboxylic acids is 1. The molecule has 0 fully saturated rings. The van der Waals surface area contributed by atoms with Crippen LogP contribution in [0.5, 0.6) is 0 Å². The minimum Gasteiger partial charge on any atom is -0.290 e. The number of amides is 1. The third-order valence-electron chi connectivity index (χ3n) is 4.01. The summed E-state index contributed by atoms with van der Waals surface area (Å²) < 4.78 is 95.0. The Hall–Kier alpha value is -2.01. The van der Waals surface area contributed by atoms with Crippen molar-refractivity contribution < 1.29 is 35.5 Å². The molecule has 3 N–H and O–H groups in total. The Kier molecular flexibility index (Phi) is 7.52. The third-order valence-corrected chi connectivity index (χ3v) is 5.20. The van der Waals surface area contributed by atoms with Gasteiger partial charge in [0.1, 0.15) is 11.7 Å². The summed E-state index contributed by atoms with van der Waals surface area (Å²) in [4.78, 5) is 11.5. The maximum atomic E-state index is 14.6. The van der Waals surface area contributed by atoms with Crippen LogP contribution in [0.2, 0.25) is 15.1 Å². The van der Waals surface area contributed by atoms with Gasteiger partial charge in [0.15, 0.2) is 0 Å². The molecular weight excluding hydrogens is 500 g/mol. The van der Waals surface area contributed by atoms with Crippen molar-refractivity contribution in [2.75, 3.05) is 0 Å². The highest BCUT2D eigenvalue weighted by Crippen LogP contribution is 2.42. The number of hydrogen-bond acceptors (Lipinski definition) is 2. The summed E-state index contributed by atoms with van der Waals surface area (Å²) in [5.41, 5.74) is -2.45. The first kappa shape index (κ1) is 25.3. The lowest BCUT2D eigenvalue weighted by Gasteiger charge is -2.19. The Bertz CT molecular complexity index is 1010. The van der Waals surface area contributed by atoms with Gasteiger partial charge in [-0.3, -0.25) is 10.2 Å². The molecule has 0 aliphatic carbocycles. The van der Waals surface area contributed by atoms with Gasteiger partial charge in [0, 0.05) is 5.56 Å². The van der Waals surface area contributed by atoms with Crippen molar-refractivity contribution >= 4 is 46.5 Å². The number of rotatable bonds is 4. The van der Waals surface area contributed by atoms with Crippen LogP contribution < -0.4 is 11.3 Å². The number of carbonyl (C=O) groups is 1. The van der Waals surface area contributed by atoms with E-state index in [1.807, 2.05) is 0 Å². The van der Waals surface area contributed by atoms with Crippen LogP contribution in [0.3, 0.4) is 0 Å². The SMILES string of the molecule is NNC(=O)c1ccc(/C(F)=C/C(c2cc(Cl)c(Cl)c(Cl)c2)C(F)(F)F)cc1C(F)(F)F. The molecule has 0 bridgehead atoms. The fourth-order valence-corrected chi connectivity index (χ4v) is 3.19. The van der Waals surface area contributed by atoms with E-state index in [2.05, 4.69) is 0 Å². The molecule has 168 valence electrons. The van der Waals surface area contributed by atoms with Crippen LogP contribution in [0.4, 0.5) is 30.7 Å². The van der Waals surface area contributed by atoms with Crippen LogP contribution >= 0.6 is 34.8 Å². The van der Waals surface area contributed by atoms with E-state index in [4.69, 9.17) is 40.6 Å². The van der Waals surface area contributed by atoms with E-state index >= 15 is 0 Å². The smallest absolute Gasteiger partial charge is 0.290 e. The largest absolute Gasteiger partial charge is 0.417 e. The van der Waals surface area contributed by atoms with Crippen molar-refractivity contribution in [2.24, 2.45) is 5.84 Å². The van der Waals surface area contributed by atoms with E-state index in [0.29, 0.717) is 12.1 Å². The molecule has 3 nitrogen and oxygen atoms in total. The van der Waals surface area contributed by atoms with Crippen LogP contribution in [-0.4, -0.2) is 12.1 Å². The van der Waals surface area contributed by atoms with Crippen LogP contribution in [0.1, 0.15) is 33.0 Å². The molecule has 1 unspecified atom stereocenters. The number of nitrogen functional groups attached to an aromatic ring is 1.